The van der Waals surface area contributed by atoms with Crippen molar-refractivity contribution in [3.63, 3.8) is 0 Å². The van der Waals surface area contributed by atoms with Crippen LogP contribution in [0.2, 0.25) is 0 Å². The van der Waals surface area contributed by atoms with Crippen LogP contribution in [0.15, 0.2) is 12.3 Å². The number of alkyl halides is 1. The fourth-order valence-electron chi connectivity index (χ4n) is 2.11. The molecule has 3 nitrogen and oxygen atoms in total. The molecule has 0 aliphatic carbocycles. The first kappa shape index (κ1) is 11.8. The molecule has 15 heavy (non-hydrogen) atoms. The van der Waals surface area contributed by atoms with Gasteiger partial charge in [0.25, 0.3) is 0 Å². The van der Waals surface area contributed by atoms with Crippen molar-refractivity contribution in [2.45, 2.75) is 18.6 Å². The Morgan fingerprint density at radius 3 is 3.33 bits per heavy atom. The van der Waals surface area contributed by atoms with Gasteiger partial charge in [-0.15, -0.1) is 6.07 Å². The summed E-state index contributed by atoms with van der Waals surface area (Å²) in [5.41, 5.74) is 0. The number of aromatic nitrogens is 1. The Labute approximate surface area is 130 Å². The topological polar surface area (TPSA) is 25.4 Å². The number of nitrogens with zero attached hydrogens (tertiary/aromatic N) is 2. The zero-order chi connectivity index (χ0) is 9.54. The minimum absolute atomic E-state index is 0. The van der Waals surface area contributed by atoms with Gasteiger partial charge in [0.15, 0.2) is 0 Å². The van der Waals surface area contributed by atoms with Crippen LogP contribution in [0.5, 0.6) is 5.75 Å². The van der Waals surface area contributed by atoms with E-state index in [1.54, 1.807) is 12.3 Å². The molecule has 1 saturated heterocycles. The van der Waals surface area contributed by atoms with Crippen LogP contribution in [0.1, 0.15) is 6.42 Å². The van der Waals surface area contributed by atoms with Gasteiger partial charge >= 0.3 is 51.4 Å². The molecule has 0 spiro atoms. The first-order valence-electron chi connectivity index (χ1n) is 4.75. The molecule has 0 aromatic carbocycles. The Hall–Kier alpha value is 0.316. The van der Waals surface area contributed by atoms with E-state index in [2.05, 4.69) is 11.1 Å². The van der Waals surface area contributed by atoms with Crippen LogP contribution in [-0.4, -0.2) is 30.3 Å². The van der Waals surface area contributed by atoms with Gasteiger partial charge in [-0.2, -0.15) is 6.07 Å². The third-order valence-corrected chi connectivity index (χ3v) is 2.74. The van der Waals surface area contributed by atoms with E-state index in [-0.39, 0.29) is 57.4 Å². The average Bonchev–Trinajstić information content (AvgIpc) is 2.59. The van der Waals surface area contributed by atoms with E-state index >= 15 is 0 Å². The number of ether oxygens (including phenoxy) is 1. The monoisotopic (exact) mass is 232 g/mol. The molecule has 74 valence electrons. The fourth-order valence-corrected chi connectivity index (χ4v) is 2.11. The average molecular weight is 232 g/mol. The van der Waals surface area contributed by atoms with Gasteiger partial charge in [0.05, 0.1) is 11.9 Å². The van der Waals surface area contributed by atoms with Crippen molar-refractivity contribution in [3.8, 4) is 5.75 Å². The summed E-state index contributed by atoms with van der Waals surface area (Å²) in [5.74, 6) is 1.39. The normalized spacial score (nSPS) is 27.4. The molecule has 3 heterocycles. The molecule has 3 rings (SSSR count). The summed E-state index contributed by atoms with van der Waals surface area (Å²) in [4.78, 5) is 6.19. The van der Waals surface area contributed by atoms with Gasteiger partial charge in [-0.05, 0) is 0 Å². The van der Waals surface area contributed by atoms with E-state index in [1.807, 2.05) is 4.90 Å². The Morgan fingerprint density at radius 1 is 1.60 bits per heavy atom. The maximum Gasteiger partial charge on any atom is 1.00 e. The molecule has 0 amide bonds. The Morgan fingerprint density at radius 2 is 2.47 bits per heavy atom. The Kier molecular flexibility index (Phi) is 3.67. The SMILES string of the molecule is F[C@@H]1C[C@H]2COc3[c-]ccnc3N2C1.[K+]. The number of halogens is 1. The van der Waals surface area contributed by atoms with Crippen molar-refractivity contribution in [1.82, 2.24) is 4.98 Å². The minimum Gasteiger partial charge on any atom is -0.514 e. The first-order valence-corrected chi connectivity index (χ1v) is 4.75. The van der Waals surface area contributed by atoms with Crippen molar-refractivity contribution in [2.75, 3.05) is 18.1 Å². The smallest absolute Gasteiger partial charge is 0.514 e. The molecule has 2 aliphatic heterocycles. The maximum atomic E-state index is 13.2. The molecular formula is C10H10FKN2O. The van der Waals surface area contributed by atoms with Crippen LogP contribution in [0.3, 0.4) is 0 Å². The standard InChI is InChI=1S/C10H10FN2O.K/c11-7-4-8-6-14-9-2-1-3-12-10(9)13(8)5-7;/h1,3,7-8H,4-6H2;/q-1;+1/t7-,8+;/m1./s1. The van der Waals surface area contributed by atoms with Crippen molar-refractivity contribution in [1.29, 1.82) is 0 Å². The number of anilines is 1. The van der Waals surface area contributed by atoms with Gasteiger partial charge in [0, 0.05) is 18.7 Å². The van der Waals surface area contributed by atoms with Gasteiger partial charge in [0.1, 0.15) is 12.8 Å². The molecule has 0 unspecified atom stereocenters. The summed E-state index contributed by atoms with van der Waals surface area (Å²) < 4.78 is 18.6. The van der Waals surface area contributed by atoms with Crippen molar-refractivity contribution >= 4 is 5.82 Å². The van der Waals surface area contributed by atoms with E-state index in [0.29, 0.717) is 25.3 Å². The molecule has 2 aliphatic rings. The van der Waals surface area contributed by atoms with E-state index in [4.69, 9.17) is 4.74 Å². The van der Waals surface area contributed by atoms with Crippen molar-refractivity contribution in [3.05, 3.63) is 18.3 Å². The van der Waals surface area contributed by atoms with Gasteiger partial charge in [0.2, 0.25) is 0 Å². The van der Waals surface area contributed by atoms with Gasteiger partial charge in [-0.25, -0.2) is 4.39 Å². The summed E-state index contributed by atoms with van der Waals surface area (Å²) in [7, 11) is 0. The number of pyridine rings is 1. The largest absolute Gasteiger partial charge is 1.00 e. The Bertz CT molecular complexity index is 363. The van der Waals surface area contributed by atoms with Gasteiger partial charge in [-0.1, -0.05) is 6.20 Å². The predicted molar refractivity (Wildman–Crippen MR) is 49.2 cm³/mol. The summed E-state index contributed by atoms with van der Waals surface area (Å²) in [6.07, 6.45) is 1.46. The number of fused-ring (bicyclic) bond motifs is 3. The zero-order valence-corrected chi connectivity index (χ0v) is 11.7. The van der Waals surface area contributed by atoms with E-state index in [1.165, 1.54) is 0 Å². The molecule has 1 aromatic rings. The van der Waals surface area contributed by atoms with Crippen LogP contribution in [0, 0.1) is 6.07 Å². The van der Waals surface area contributed by atoms with Crippen molar-refractivity contribution in [2.24, 2.45) is 0 Å². The predicted octanol–water partition coefficient (Wildman–Crippen LogP) is -1.81. The molecule has 1 fully saturated rings. The van der Waals surface area contributed by atoms with Crippen LogP contribution < -0.4 is 61.0 Å². The third kappa shape index (κ3) is 2.08. The molecule has 0 bridgehead atoms. The Balaban J connectivity index is 0.000000853. The first-order chi connectivity index (χ1) is 6.84. The summed E-state index contributed by atoms with van der Waals surface area (Å²) in [6.45, 7) is 0.988. The summed E-state index contributed by atoms with van der Waals surface area (Å²) in [6, 6.07) is 4.83. The molecule has 0 N–H and O–H groups in total. The van der Waals surface area contributed by atoms with Crippen molar-refractivity contribution < 1.29 is 60.5 Å². The second kappa shape index (κ2) is 4.67. The maximum absolute atomic E-state index is 13.2. The molecule has 0 saturated carbocycles. The fraction of sp³-hybridized carbons (Fsp3) is 0.500. The zero-order valence-electron chi connectivity index (χ0n) is 8.61. The number of hydrogen-bond acceptors (Lipinski definition) is 3. The molecular weight excluding hydrogens is 222 g/mol. The second-order valence-electron chi connectivity index (χ2n) is 3.69. The van der Waals surface area contributed by atoms with Crippen LogP contribution >= 0.6 is 0 Å². The summed E-state index contributed by atoms with van der Waals surface area (Å²) >= 11 is 0. The van der Waals surface area contributed by atoms with Crippen LogP contribution in [-0.2, 0) is 0 Å². The van der Waals surface area contributed by atoms with Gasteiger partial charge in [-0.3, -0.25) is 0 Å². The quantitative estimate of drug-likeness (QED) is 0.390. The van der Waals surface area contributed by atoms with Gasteiger partial charge < -0.3 is 14.6 Å². The molecule has 2 atom stereocenters. The van der Waals surface area contributed by atoms with E-state index in [9.17, 15) is 4.39 Å². The third-order valence-electron chi connectivity index (χ3n) is 2.74. The van der Waals surface area contributed by atoms with E-state index in [0.717, 1.165) is 5.82 Å². The minimum atomic E-state index is -0.753. The van der Waals surface area contributed by atoms with E-state index < -0.39 is 6.17 Å². The second-order valence-corrected chi connectivity index (χ2v) is 3.69. The molecule has 1 aromatic heterocycles. The van der Waals surface area contributed by atoms with Crippen LogP contribution in [0.25, 0.3) is 0 Å². The number of rotatable bonds is 0. The molecule has 0 radical (unpaired) electrons. The van der Waals surface area contributed by atoms with Crippen LogP contribution in [0.4, 0.5) is 10.2 Å². The number of hydrogen-bond donors (Lipinski definition) is 0. The molecule has 5 heteroatoms. The summed E-state index contributed by atoms with van der Waals surface area (Å²) in [5, 5.41) is 0.